The first-order valence-electron chi connectivity index (χ1n) is 18.3. The van der Waals surface area contributed by atoms with Gasteiger partial charge in [0.1, 0.15) is 0 Å². The topological polar surface area (TPSA) is 92.3 Å². The second kappa shape index (κ2) is 12.8. The van der Waals surface area contributed by atoms with Crippen LogP contribution in [0.15, 0.2) is 34.8 Å². The van der Waals surface area contributed by atoms with Crippen LogP contribution in [0, 0.1) is 35.5 Å². The zero-order chi connectivity index (χ0) is 36.9. The van der Waals surface area contributed by atoms with Gasteiger partial charge in [0.15, 0.2) is 11.2 Å². The van der Waals surface area contributed by atoms with Crippen molar-refractivity contribution in [2.24, 2.45) is 35.5 Å². The minimum absolute atomic E-state index is 0.0542. The smallest absolute Gasteiger partial charge is 0.449 e. The quantitative estimate of drug-likeness (QED) is 0.106. The van der Waals surface area contributed by atoms with Gasteiger partial charge in [-0.05, 0) is 64.2 Å². The van der Waals surface area contributed by atoms with Crippen LogP contribution in [0.5, 0.6) is 0 Å². The highest BCUT2D eigenvalue weighted by Gasteiger charge is 2.72. The minimum Gasteiger partial charge on any atom is -0.456 e. The fourth-order valence-corrected chi connectivity index (χ4v) is 10.4. The summed E-state index contributed by atoms with van der Waals surface area (Å²) in [5.74, 6) is -6.10. The van der Waals surface area contributed by atoms with Crippen LogP contribution in [0.2, 0.25) is 0 Å². The third kappa shape index (κ3) is 5.84. The van der Waals surface area contributed by atoms with Crippen LogP contribution in [0.1, 0.15) is 79.1 Å². The number of hydrogen-bond acceptors (Lipinski definition) is 10. The van der Waals surface area contributed by atoms with Crippen molar-refractivity contribution in [3.8, 4) is 0 Å². The van der Waals surface area contributed by atoms with E-state index in [2.05, 4.69) is 13.8 Å². The van der Waals surface area contributed by atoms with Crippen molar-refractivity contribution in [1.82, 2.24) is 0 Å². The van der Waals surface area contributed by atoms with E-state index in [0.29, 0.717) is 51.4 Å². The summed E-state index contributed by atoms with van der Waals surface area (Å²) in [6.45, 7) is 6.48. The zero-order valence-corrected chi connectivity index (χ0v) is 29.6. The molecule has 52 heavy (non-hydrogen) atoms. The van der Waals surface area contributed by atoms with Gasteiger partial charge in [-0.2, -0.15) is 26.3 Å². The Morgan fingerprint density at radius 2 is 1.02 bits per heavy atom. The molecule has 8 fully saturated rings. The maximum absolute atomic E-state index is 14.4. The number of fused-ring (bicyclic) bond motifs is 4. The predicted molar refractivity (Wildman–Crippen MR) is 165 cm³/mol. The highest BCUT2D eigenvalue weighted by Crippen LogP contribution is 2.63. The lowest BCUT2D eigenvalue weighted by Gasteiger charge is -2.57. The molecular weight excluding hydrogens is 706 g/mol. The molecule has 8 aliphatic heterocycles. The molecule has 10 nitrogen and oxygen atoms in total. The van der Waals surface area contributed by atoms with E-state index in [4.69, 9.17) is 48.0 Å². The number of allylic oxidation sites excluding steroid dienone is 2. The average molecular weight is 753 g/mol. The SMILES string of the molecule is C[C@@H]1CC[C@H]2C(COC/C=C/COCC3=C(C(F)(F)F)O[C@@H]4O[C@@]5(C)CC[C@H]6[C@H](C)CC[C@@H]3[C@@]46OO5)=C(C(F)(F)F)O[C@@H]3O[C@@]4(C)CC[C@@H]1[C@]32OO4. The van der Waals surface area contributed by atoms with Gasteiger partial charge in [-0.15, -0.1) is 0 Å². The van der Waals surface area contributed by atoms with Crippen molar-refractivity contribution < 1.29 is 74.3 Å². The summed E-state index contributed by atoms with van der Waals surface area (Å²) in [4.78, 5) is 23.4. The number of halogens is 6. The molecule has 16 heteroatoms. The average Bonchev–Trinajstić information content (AvgIpc) is 3.45. The molecule has 2 aliphatic carbocycles. The number of rotatable bonds is 8. The molecule has 2 saturated carbocycles. The van der Waals surface area contributed by atoms with Crippen molar-refractivity contribution in [1.29, 1.82) is 0 Å². The van der Waals surface area contributed by atoms with Gasteiger partial charge in [-0.3, -0.25) is 0 Å². The Kier molecular flexibility index (Phi) is 9.13. The molecule has 0 radical (unpaired) electrons. The highest BCUT2D eigenvalue weighted by molar-refractivity contribution is 5.30. The van der Waals surface area contributed by atoms with E-state index in [1.807, 2.05) is 0 Å². The lowest BCUT2D eigenvalue weighted by molar-refractivity contribution is -0.558. The Balaban J connectivity index is 0.939. The Hall–Kier alpha value is -1.92. The molecule has 0 amide bonds. The van der Waals surface area contributed by atoms with Gasteiger partial charge in [0.2, 0.25) is 35.7 Å². The molecule has 0 N–H and O–H groups in total. The molecule has 4 bridgehead atoms. The third-order valence-electron chi connectivity index (χ3n) is 12.9. The molecule has 10 aliphatic rings. The van der Waals surface area contributed by atoms with Crippen molar-refractivity contribution in [3.63, 3.8) is 0 Å². The van der Waals surface area contributed by atoms with E-state index < -0.39 is 71.1 Å². The fraction of sp³-hybridized carbons (Fsp3) is 0.833. The van der Waals surface area contributed by atoms with Gasteiger partial charge in [-0.25, -0.2) is 19.6 Å². The summed E-state index contributed by atoms with van der Waals surface area (Å²) >= 11 is 0. The second-order valence-electron chi connectivity index (χ2n) is 16.2. The van der Waals surface area contributed by atoms with E-state index in [-0.39, 0.29) is 61.2 Å². The van der Waals surface area contributed by atoms with Crippen LogP contribution in [0.4, 0.5) is 26.3 Å². The lowest BCUT2D eigenvalue weighted by atomic mass is 9.59. The predicted octanol–water partition coefficient (Wildman–Crippen LogP) is 7.70. The summed E-state index contributed by atoms with van der Waals surface area (Å²) in [7, 11) is 0. The van der Waals surface area contributed by atoms with E-state index >= 15 is 0 Å². The highest BCUT2D eigenvalue weighted by atomic mass is 19.4. The standard InChI is InChI=1S/C36H46F6O10/c1-19-7-9-25-21(27(35(37,38)39)45-29-33(25)23(19)11-13-31(3,47-29)49-51-33)17-43-15-5-6-16-44-18-22-26-10-8-20(2)24-12-14-32(4)48-30(34(24,26)52-50-32)46-28(22)36(40,41)42/h5-6,19-20,23-26,29-30H,7-18H2,1-4H3/b6-5+/t19-,20-,23+,24+,25+,26+,29-,30-,31-,32-,33-,34-/m1/s1. The van der Waals surface area contributed by atoms with Crippen LogP contribution in [-0.2, 0) is 48.0 Å². The summed E-state index contributed by atoms with van der Waals surface area (Å²) in [6, 6.07) is 0. The van der Waals surface area contributed by atoms with E-state index in [1.54, 1.807) is 26.0 Å². The van der Waals surface area contributed by atoms with E-state index in [0.717, 1.165) is 0 Å². The molecule has 12 atom stereocenters. The van der Waals surface area contributed by atoms with Gasteiger partial charge in [0.05, 0.1) is 26.4 Å². The Labute approximate surface area is 297 Å². The largest absolute Gasteiger partial charge is 0.456 e. The van der Waals surface area contributed by atoms with Crippen LogP contribution >= 0.6 is 0 Å². The molecule has 292 valence electrons. The molecule has 0 aromatic carbocycles. The Morgan fingerprint density at radius 1 is 0.615 bits per heavy atom. The van der Waals surface area contributed by atoms with Gasteiger partial charge >= 0.3 is 12.4 Å². The van der Waals surface area contributed by atoms with E-state index in [9.17, 15) is 26.3 Å². The van der Waals surface area contributed by atoms with Crippen LogP contribution < -0.4 is 0 Å². The summed E-state index contributed by atoms with van der Waals surface area (Å²) in [5, 5.41) is 0. The molecule has 0 unspecified atom stereocenters. The van der Waals surface area contributed by atoms with Gasteiger partial charge in [0.25, 0.3) is 0 Å². The molecule has 2 spiro atoms. The minimum atomic E-state index is -4.79. The van der Waals surface area contributed by atoms with Gasteiger partial charge in [-0.1, -0.05) is 26.0 Å². The molecule has 0 aromatic heterocycles. The first-order valence-corrected chi connectivity index (χ1v) is 18.3. The van der Waals surface area contributed by atoms with Crippen molar-refractivity contribution in [2.45, 2.75) is 127 Å². The van der Waals surface area contributed by atoms with Crippen LogP contribution in [0.25, 0.3) is 0 Å². The Morgan fingerprint density at radius 3 is 1.40 bits per heavy atom. The van der Waals surface area contributed by atoms with Crippen molar-refractivity contribution >= 4 is 0 Å². The first-order chi connectivity index (χ1) is 24.5. The summed E-state index contributed by atoms with van der Waals surface area (Å²) in [5.41, 5.74) is -2.60. The number of alkyl halides is 6. The van der Waals surface area contributed by atoms with Gasteiger partial charge < -0.3 is 28.4 Å². The van der Waals surface area contributed by atoms with Gasteiger partial charge in [0, 0.05) is 47.7 Å². The molecule has 10 rings (SSSR count). The summed E-state index contributed by atoms with van der Waals surface area (Å²) < 4.78 is 121. The first kappa shape index (κ1) is 37.0. The van der Waals surface area contributed by atoms with E-state index in [1.165, 1.54) is 0 Å². The normalized spacial score (nSPS) is 45.7. The maximum Gasteiger partial charge on any atom is 0.449 e. The molecule has 8 heterocycles. The van der Waals surface area contributed by atoms with Crippen molar-refractivity contribution in [3.05, 3.63) is 34.8 Å². The molecule has 0 aromatic rings. The second-order valence-corrected chi connectivity index (χ2v) is 16.2. The third-order valence-corrected chi connectivity index (χ3v) is 12.9. The van der Waals surface area contributed by atoms with Crippen molar-refractivity contribution in [2.75, 3.05) is 26.4 Å². The molecule has 6 saturated heterocycles. The lowest BCUT2D eigenvalue weighted by Crippen LogP contribution is -2.67. The Bertz CT molecular complexity index is 1390. The van der Waals surface area contributed by atoms with Crippen LogP contribution in [0.3, 0.4) is 0 Å². The fourth-order valence-electron chi connectivity index (χ4n) is 10.4. The zero-order valence-electron chi connectivity index (χ0n) is 29.6. The van der Waals surface area contributed by atoms with Crippen LogP contribution in [-0.4, -0.2) is 74.1 Å². The number of hydrogen-bond donors (Lipinski definition) is 0. The number of ether oxygens (including phenoxy) is 6. The monoisotopic (exact) mass is 752 g/mol. The molecular formula is C36H46F6O10. The summed E-state index contributed by atoms with van der Waals surface area (Å²) in [6.07, 6.45) is -4.64. The maximum atomic E-state index is 14.4.